The van der Waals surface area contributed by atoms with Crippen LogP contribution in [0.3, 0.4) is 0 Å². The number of hydrogen-bond acceptors (Lipinski definition) is 3. The third-order valence-corrected chi connectivity index (χ3v) is 6.63. The molecule has 0 saturated carbocycles. The summed E-state index contributed by atoms with van der Waals surface area (Å²) in [5.74, 6) is -1.14. The molecule has 144 valence electrons. The van der Waals surface area contributed by atoms with Gasteiger partial charge in [0, 0.05) is 18.8 Å². The standard InChI is InChI=1S/C20H23FN2O3S/c1-15-5-2-3-7-19(15)22-20(24)17-6-4-12-23(13-17)27(25,26)14-16-8-10-18(21)11-9-16/h2-3,5,7-11,17H,4,6,12-14H2,1H3,(H,22,24)/t17-/m1/s1. The molecule has 1 fully saturated rings. The fourth-order valence-corrected chi connectivity index (χ4v) is 4.85. The van der Waals surface area contributed by atoms with Gasteiger partial charge in [0.2, 0.25) is 15.9 Å². The molecular weight excluding hydrogens is 367 g/mol. The van der Waals surface area contributed by atoms with Crippen molar-refractivity contribution < 1.29 is 17.6 Å². The Morgan fingerprint density at radius 3 is 2.59 bits per heavy atom. The van der Waals surface area contributed by atoms with Crippen molar-refractivity contribution in [1.82, 2.24) is 4.31 Å². The number of anilines is 1. The van der Waals surface area contributed by atoms with Gasteiger partial charge < -0.3 is 5.32 Å². The molecule has 3 rings (SSSR count). The van der Waals surface area contributed by atoms with Crippen LogP contribution in [0.25, 0.3) is 0 Å². The summed E-state index contributed by atoms with van der Waals surface area (Å²) in [6.07, 6.45) is 1.29. The lowest BCUT2D eigenvalue weighted by Gasteiger charge is -2.31. The molecule has 0 unspecified atom stereocenters. The Labute approximate surface area is 159 Å². The average Bonchev–Trinajstić information content (AvgIpc) is 2.65. The molecule has 1 N–H and O–H groups in total. The Balaban J connectivity index is 1.66. The van der Waals surface area contributed by atoms with Crippen molar-refractivity contribution in [3.8, 4) is 0 Å². The lowest BCUT2D eigenvalue weighted by molar-refractivity contribution is -0.120. The van der Waals surface area contributed by atoms with Crippen LogP contribution >= 0.6 is 0 Å². The molecule has 0 aliphatic carbocycles. The molecule has 7 heteroatoms. The molecule has 0 aromatic heterocycles. The number of carbonyl (C=O) groups is 1. The molecule has 1 saturated heterocycles. The minimum Gasteiger partial charge on any atom is -0.326 e. The number of rotatable bonds is 5. The molecule has 2 aromatic carbocycles. The summed E-state index contributed by atoms with van der Waals surface area (Å²) in [5, 5.41) is 2.91. The summed E-state index contributed by atoms with van der Waals surface area (Å²) in [4.78, 5) is 12.6. The number of nitrogens with zero attached hydrogens (tertiary/aromatic N) is 1. The molecule has 1 aliphatic rings. The third kappa shape index (κ3) is 4.93. The predicted octanol–water partition coefficient (Wildman–Crippen LogP) is 3.31. The first-order valence-corrected chi connectivity index (χ1v) is 10.5. The number of piperidine rings is 1. The summed E-state index contributed by atoms with van der Waals surface area (Å²) < 4.78 is 39.8. The maximum Gasteiger partial charge on any atom is 0.228 e. The Bertz CT molecular complexity index is 913. The van der Waals surface area contributed by atoms with Crippen LogP contribution in [-0.4, -0.2) is 31.7 Å². The fraction of sp³-hybridized carbons (Fsp3) is 0.350. The molecule has 2 aromatic rings. The second-order valence-electron chi connectivity index (χ2n) is 6.88. The van der Waals surface area contributed by atoms with Crippen molar-refractivity contribution in [3.05, 3.63) is 65.5 Å². The van der Waals surface area contributed by atoms with E-state index in [4.69, 9.17) is 0 Å². The van der Waals surface area contributed by atoms with Gasteiger partial charge in [0.05, 0.1) is 11.7 Å². The summed E-state index contributed by atoms with van der Waals surface area (Å²) in [7, 11) is -3.57. The van der Waals surface area contributed by atoms with Crippen molar-refractivity contribution in [3.63, 3.8) is 0 Å². The number of hydrogen-bond donors (Lipinski definition) is 1. The minimum absolute atomic E-state index is 0.161. The van der Waals surface area contributed by atoms with Crippen LogP contribution in [0.4, 0.5) is 10.1 Å². The van der Waals surface area contributed by atoms with E-state index in [-0.39, 0.29) is 24.1 Å². The summed E-state index contributed by atoms with van der Waals surface area (Å²) in [5.41, 5.74) is 2.24. The van der Waals surface area contributed by atoms with Crippen molar-refractivity contribution in [1.29, 1.82) is 0 Å². The smallest absolute Gasteiger partial charge is 0.228 e. The van der Waals surface area contributed by atoms with E-state index >= 15 is 0 Å². The van der Waals surface area contributed by atoms with E-state index in [2.05, 4.69) is 5.32 Å². The summed E-state index contributed by atoms with van der Waals surface area (Å²) in [6.45, 7) is 2.48. The average molecular weight is 390 g/mol. The zero-order valence-corrected chi connectivity index (χ0v) is 16.0. The highest BCUT2D eigenvalue weighted by Gasteiger charge is 2.32. The van der Waals surface area contributed by atoms with Crippen molar-refractivity contribution in [2.24, 2.45) is 5.92 Å². The number of benzene rings is 2. The van der Waals surface area contributed by atoms with Crippen LogP contribution < -0.4 is 5.32 Å². The molecule has 27 heavy (non-hydrogen) atoms. The van der Waals surface area contributed by atoms with Crippen molar-refractivity contribution in [2.45, 2.75) is 25.5 Å². The first-order chi connectivity index (χ1) is 12.8. The van der Waals surface area contributed by atoms with E-state index < -0.39 is 15.8 Å². The van der Waals surface area contributed by atoms with Crippen LogP contribution in [0.15, 0.2) is 48.5 Å². The third-order valence-electron chi connectivity index (χ3n) is 4.81. The van der Waals surface area contributed by atoms with E-state index in [1.54, 1.807) is 0 Å². The zero-order chi connectivity index (χ0) is 19.4. The van der Waals surface area contributed by atoms with Crippen LogP contribution in [0.5, 0.6) is 0 Å². The van der Waals surface area contributed by atoms with Gasteiger partial charge in [0.15, 0.2) is 0 Å². The second-order valence-corrected chi connectivity index (χ2v) is 8.85. The number of sulfonamides is 1. The van der Waals surface area contributed by atoms with E-state index in [0.717, 1.165) is 11.3 Å². The number of nitrogens with one attached hydrogen (secondary N) is 1. The number of aryl methyl sites for hydroxylation is 1. The monoisotopic (exact) mass is 390 g/mol. The molecular formula is C20H23FN2O3S. The molecule has 1 heterocycles. The molecule has 1 aliphatic heterocycles. The Hall–Kier alpha value is -2.25. The van der Waals surface area contributed by atoms with Gasteiger partial charge in [0.1, 0.15) is 5.82 Å². The highest BCUT2D eigenvalue weighted by atomic mass is 32.2. The van der Waals surface area contributed by atoms with E-state index in [1.165, 1.54) is 28.6 Å². The quantitative estimate of drug-likeness (QED) is 0.852. The van der Waals surface area contributed by atoms with Gasteiger partial charge >= 0.3 is 0 Å². The first kappa shape index (κ1) is 19.5. The molecule has 1 amide bonds. The zero-order valence-electron chi connectivity index (χ0n) is 15.2. The largest absolute Gasteiger partial charge is 0.326 e. The number of carbonyl (C=O) groups excluding carboxylic acids is 1. The summed E-state index contributed by atoms with van der Waals surface area (Å²) in [6, 6.07) is 12.9. The topological polar surface area (TPSA) is 66.5 Å². The van der Waals surface area contributed by atoms with Gasteiger partial charge in [-0.15, -0.1) is 0 Å². The van der Waals surface area contributed by atoms with E-state index in [0.29, 0.717) is 24.9 Å². The van der Waals surface area contributed by atoms with E-state index in [9.17, 15) is 17.6 Å². The van der Waals surface area contributed by atoms with Gasteiger partial charge in [-0.05, 0) is 49.1 Å². The van der Waals surface area contributed by atoms with Crippen LogP contribution in [0, 0.1) is 18.7 Å². The maximum atomic E-state index is 13.0. The predicted molar refractivity (Wildman–Crippen MR) is 103 cm³/mol. The van der Waals surface area contributed by atoms with Gasteiger partial charge in [-0.1, -0.05) is 30.3 Å². The van der Waals surface area contributed by atoms with Gasteiger partial charge in [0.25, 0.3) is 0 Å². The van der Waals surface area contributed by atoms with Gasteiger partial charge in [-0.2, -0.15) is 0 Å². The lowest BCUT2D eigenvalue weighted by atomic mass is 9.98. The Kier molecular flexibility index (Phi) is 5.92. The minimum atomic E-state index is -3.57. The van der Waals surface area contributed by atoms with Crippen molar-refractivity contribution in [2.75, 3.05) is 18.4 Å². The molecule has 5 nitrogen and oxygen atoms in total. The number of para-hydroxylation sites is 1. The Morgan fingerprint density at radius 2 is 1.89 bits per heavy atom. The second kappa shape index (κ2) is 8.19. The van der Waals surface area contributed by atoms with Gasteiger partial charge in [-0.25, -0.2) is 17.1 Å². The molecule has 0 spiro atoms. The number of amides is 1. The molecule has 1 atom stereocenters. The van der Waals surface area contributed by atoms with Crippen LogP contribution in [0.2, 0.25) is 0 Å². The SMILES string of the molecule is Cc1ccccc1NC(=O)[C@@H]1CCCN(S(=O)(=O)Cc2ccc(F)cc2)C1. The first-order valence-electron chi connectivity index (χ1n) is 8.94. The highest BCUT2D eigenvalue weighted by Crippen LogP contribution is 2.23. The summed E-state index contributed by atoms with van der Waals surface area (Å²) >= 11 is 0. The van der Waals surface area contributed by atoms with Crippen LogP contribution in [0.1, 0.15) is 24.0 Å². The normalized spacial score (nSPS) is 18.2. The highest BCUT2D eigenvalue weighted by molar-refractivity contribution is 7.88. The number of halogens is 1. The molecule has 0 bridgehead atoms. The lowest BCUT2D eigenvalue weighted by Crippen LogP contribution is -2.44. The van der Waals surface area contributed by atoms with Gasteiger partial charge in [-0.3, -0.25) is 4.79 Å². The van der Waals surface area contributed by atoms with Crippen molar-refractivity contribution >= 4 is 21.6 Å². The fourth-order valence-electron chi connectivity index (χ4n) is 3.24. The van der Waals surface area contributed by atoms with Crippen LogP contribution in [-0.2, 0) is 20.6 Å². The van der Waals surface area contributed by atoms with E-state index in [1.807, 2.05) is 31.2 Å². The maximum absolute atomic E-state index is 13.0. The molecule has 0 radical (unpaired) electrons. The Morgan fingerprint density at radius 1 is 1.19 bits per heavy atom.